The summed E-state index contributed by atoms with van der Waals surface area (Å²) in [4.78, 5) is 41.5. The third kappa shape index (κ3) is 5.34. The Hall–Kier alpha value is -4.83. The lowest BCUT2D eigenvalue weighted by atomic mass is 9.98. The van der Waals surface area contributed by atoms with Crippen LogP contribution in [0.2, 0.25) is 0 Å². The Morgan fingerprint density at radius 3 is 2.40 bits per heavy atom. The topological polar surface area (TPSA) is 109 Å². The lowest BCUT2D eigenvalue weighted by Gasteiger charge is -2.20. The van der Waals surface area contributed by atoms with Crippen LogP contribution in [-0.4, -0.2) is 63.8 Å². The van der Waals surface area contributed by atoms with Crippen molar-refractivity contribution in [1.82, 2.24) is 4.90 Å². The van der Waals surface area contributed by atoms with Gasteiger partial charge in [0.15, 0.2) is 11.5 Å². The fourth-order valence-electron chi connectivity index (χ4n) is 4.53. The summed E-state index contributed by atoms with van der Waals surface area (Å²) in [5.41, 5.74) is 4.62. The Morgan fingerprint density at radius 2 is 1.68 bits per heavy atom. The second-order valence-corrected chi connectivity index (χ2v) is 9.62. The monoisotopic (exact) mass is 542 g/mol. The molecular formula is C30H30N4O6. The summed E-state index contributed by atoms with van der Waals surface area (Å²) in [5.74, 6) is 0.389. The normalized spacial score (nSPS) is 14.5. The van der Waals surface area contributed by atoms with Gasteiger partial charge in [-0.3, -0.25) is 9.59 Å². The van der Waals surface area contributed by atoms with E-state index in [9.17, 15) is 14.4 Å². The van der Waals surface area contributed by atoms with Crippen molar-refractivity contribution in [3.8, 4) is 11.5 Å². The Bertz CT molecular complexity index is 1510. The molecule has 0 aliphatic carbocycles. The van der Waals surface area contributed by atoms with E-state index < -0.39 is 5.97 Å². The molecule has 0 radical (unpaired) electrons. The number of anilines is 3. The molecule has 0 unspecified atom stereocenters. The third-order valence-corrected chi connectivity index (χ3v) is 6.54. The lowest BCUT2D eigenvalue weighted by Crippen LogP contribution is -2.34. The molecular weight excluding hydrogens is 512 g/mol. The van der Waals surface area contributed by atoms with Crippen LogP contribution in [0.3, 0.4) is 0 Å². The largest absolute Gasteiger partial charge is 0.462 e. The van der Waals surface area contributed by atoms with Gasteiger partial charge in [0.1, 0.15) is 0 Å². The van der Waals surface area contributed by atoms with Crippen LogP contribution < -0.4 is 25.0 Å². The molecule has 0 bridgehead atoms. The molecule has 2 aliphatic heterocycles. The summed E-state index contributed by atoms with van der Waals surface area (Å²) in [6.45, 7) is 2.41. The molecule has 0 atom stereocenters. The average molecular weight is 543 g/mol. The number of carbonyl (C=O) groups is 3. The molecule has 0 spiro atoms. The number of carbonyl (C=O) groups excluding carboxylic acids is 3. The van der Waals surface area contributed by atoms with Gasteiger partial charge >= 0.3 is 5.97 Å². The van der Waals surface area contributed by atoms with Gasteiger partial charge in [-0.25, -0.2) is 4.79 Å². The van der Waals surface area contributed by atoms with Crippen LogP contribution in [0.15, 0.2) is 60.7 Å². The quantitative estimate of drug-likeness (QED) is 0.324. The van der Waals surface area contributed by atoms with E-state index in [0.29, 0.717) is 57.4 Å². The molecule has 40 heavy (non-hydrogen) atoms. The van der Waals surface area contributed by atoms with Crippen molar-refractivity contribution >= 4 is 46.1 Å². The van der Waals surface area contributed by atoms with E-state index >= 15 is 0 Å². The van der Waals surface area contributed by atoms with E-state index in [-0.39, 0.29) is 25.2 Å². The molecule has 10 heteroatoms. The number of nitrogens with one attached hydrogen (secondary N) is 2. The summed E-state index contributed by atoms with van der Waals surface area (Å²) in [6, 6.07) is 17.8. The van der Waals surface area contributed by atoms with Crippen LogP contribution in [0.5, 0.6) is 11.5 Å². The first kappa shape index (κ1) is 26.8. The summed E-state index contributed by atoms with van der Waals surface area (Å²) >= 11 is 0. The van der Waals surface area contributed by atoms with Crippen LogP contribution in [0.4, 0.5) is 17.1 Å². The first-order valence-corrected chi connectivity index (χ1v) is 12.8. The van der Waals surface area contributed by atoms with Gasteiger partial charge in [-0.15, -0.1) is 0 Å². The Kier molecular flexibility index (Phi) is 7.43. The molecule has 10 nitrogen and oxygen atoms in total. The van der Waals surface area contributed by atoms with Crippen molar-refractivity contribution < 1.29 is 28.6 Å². The minimum absolute atomic E-state index is 0.0321. The molecule has 3 aromatic rings. The molecule has 3 aromatic carbocycles. The van der Waals surface area contributed by atoms with Crippen molar-refractivity contribution in [3.63, 3.8) is 0 Å². The zero-order valence-electron chi connectivity index (χ0n) is 22.7. The fourth-order valence-corrected chi connectivity index (χ4v) is 4.53. The smallest absolute Gasteiger partial charge is 0.338 e. The summed E-state index contributed by atoms with van der Waals surface area (Å²) < 4.78 is 16.2. The molecule has 0 saturated carbocycles. The summed E-state index contributed by atoms with van der Waals surface area (Å²) in [7, 11) is 5.43. The zero-order chi connectivity index (χ0) is 28.4. The standard InChI is InChI=1S/C30H30N4O6/c1-5-38-30(37)19-6-12-22-23(14-19)32-29(36)27(22)28(18-7-13-24-25(15-18)40-17-39-24)31-20-8-10-21(11-9-20)34(4)26(35)16-33(2)3/h6-15,31H,5,16-17H2,1-4H3,(H,32,36)/b28-27-. The highest BCUT2D eigenvalue weighted by molar-refractivity contribution is 6.37. The molecule has 2 heterocycles. The third-order valence-electron chi connectivity index (χ3n) is 6.54. The Labute approximate surface area is 232 Å². The van der Waals surface area contributed by atoms with E-state index in [2.05, 4.69) is 10.6 Å². The van der Waals surface area contributed by atoms with Gasteiger partial charge < -0.3 is 34.6 Å². The SMILES string of the molecule is CCOC(=O)c1ccc2c(c1)NC(=O)/C2=C(\Nc1ccc(N(C)C(=O)CN(C)C)cc1)c1ccc2c(c1)OCO2. The zero-order valence-corrected chi connectivity index (χ0v) is 22.7. The van der Waals surface area contributed by atoms with Gasteiger partial charge in [0.05, 0.1) is 35.7 Å². The lowest BCUT2D eigenvalue weighted by molar-refractivity contribution is -0.119. The van der Waals surface area contributed by atoms with Crippen molar-refractivity contribution in [1.29, 1.82) is 0 Å². The van der Waals surface area contributed by atoms with Gasteiger partial charge in [0.25, 0.3) is 5.91 Å². The van der Waals surface area contributed by atoms with Crippen LogP contribution in [0.1, 0.15) is 28.4 Å². The van der Waals surface area contributed by atoms with Crippen LogP contribution in [0, 0.1) is 0 Å². The van der Waals surface area contributed by atoms with Crippen LogP contribution in [-0.2, 0) is 14.3 Å². The summed E-state index contributed by atoms with van der Waals surface area (Å²) in [6.07, 6.45) is 0. The predicted octanol–water partition coefficient (Wildman–Crippen LogP) is 4.05. The van der Waals surface area contributed by atoms with Gasteiger partial charge in [0, 0.05) is 29.5 Å². The number of ether oxygens (including phenoxy) is 3. The van der Waals surface area contributed by atoms with Gasteiger partial charge in [-0.1, -0.05) is 6.07 Å². The van der Waals surface area contributed by atoms with Crippen LogP contribution in [0.25, 0.3) is 11.3 Å². The van der Waals surface area contributed by atoms with Crippen molar-refractivity contribution in [2.75, 3.05) is 56.6 Å². The maximum Gasteiger partial charge on any atom is 0.338 e. The number of rotatable bonds is 8. The van der Waals surface area contributed by atoms with E-state index in [1.165, 1.54) is 0 Å². The highest BCUT2D eigenvalue weighted by Crippen LogP contribution is 2.41. The Morgan fingerprint density at radius 1 is 0.950 bits per heavy atom. The van der Waals surface area contributed by atoms with Crippen LogP contribution >= 0.6 is 0 Å². The first-order chi connectivity index (χ1) is 19.2. The van der Waals surface area contributed by atoms with E-state index in [0.717, 1.165) is 5.69 Å². The molecule has 2 amide bonds. The number of esters is 1. The van der Waals surface area contributed by atoms with E-state index in [1.54, 1.807) is 43.1 Å². The number of likely N-dealkylation sites (N-methyl/N-ethyl adjacent to an activating group) is 2. The second kappa shape index (κ2) is 11.1. The number of amides is 2. The van der Waals surface area contributed by atoms with Crippen molar-refractivity contribution in [2.24, 2.45) is 0 Å². The molecule has 2 N–H and O–H groups in total. The number of hydrogen-bond acceptors (Lipinski definition) is 8. The molecule has 0 fully saturated rings. The maximum atomic E-state index is 13.4. The minimum atomic E-state index is -0.458. The maximum absolute atomic E-state index is 13.4. The minimum Gasteiger partial charge on any atom is -0.462 e. The predicted molar refractivity (Wildman–Crippen MR) is 152 cm³/mol. The van der Waals surface area contributed by atoms with Gasteiger partial charge in [0.2, 0.25) is 12.7 Å². The number of hydrogen-bond donors (Lipinski definition) is 2. The molecule has 0 saturated heterocycles. The second-order valence-electron chi connectivity index (χ2n) is 9.62. The highest BCUT2D eigenvalue weighted by atomic mass is 16.7. The number of fused-ring (bicyclic) bond motifs is 2. The molecule has 0 aromatic heterocycles. The summed E-state index contributed by atoms with van der Waals surface area (Å²) in [5, 5.41) is 6.28. The first-order valence-electron chi connectivity index (χ1n) is 12.8. The fraction of sp³-hybridized carbons (Fsp3) is 0.233. The number of nitrogens with zero attached hydrogens (tertiary/aromatic N) is 2. The molecule has 5 rings (SSSR count). The van der Waals surface area contributed by atoms with E-state index in [4.69, 9.17) is 14.2 Å². The Balaban J connectivity index is 1.54. The average Bonchev–Trinajstić information content (AvgIpc) is 3.54. The number of benzene rings is 3. The highest BCUT2D eigenvalue weighted by Gasteiger charge is 2.30. The van der Waals surface area contributed by atoms with Crippen molar-refractivity contribution in [3.05, 3.63) is 77.4 Å². The molecule has 2 aliphatic rings. The van der Waals surface area contributed by atoms with E-state index in [1.807, 2.05) is 55.4 Å². The van der Waals surface area contributed by atoms with Gasteiger partial charge in [-0.2, -0.15) is 0 Å². The van der Waals surface area contributed by atoms with Gasteiger partial charge in [-0.05, 0) is 75.6 Å². The van der Waals surface area contributed by atoms with Crippen molar-refractivity contribution in [2.45, 2.75) is 6.92 Å². The molecule has 206 valence electrons.